The molecule has 2 aromatic carbocycles. The molecule has 0 aliphatic heterocycles. The van der Waals surface area contributed by atoms with Crippen LogP contribution in [0.5, 0.6) is 0 Å². The Morgan fingerprint density at radius 3 is 2.41 bits per heavy atom. The van der Waals surface area contributed by atoms with E-state index in [-0.39, 0.29) is 17.6 Å². The van der Waals surface area contributed by atoms with Crippen molar-refractivity contribution >= 4 is 35.0 Å². The van der Waals surface area contributed by atoms with Crippen LogP contribution >= 0.6 is 11.8 Å². The van der Waals surface area contributed by atoms with E-state index >= 15 is 0 Å². The molecule has 0 saturated heterocycles. The van der Waals surface area contributed by atoms with Crippen molar-refractivity contribution in [3.63, 3.8) is 0 Å². The molecule has 9 heteroatoms. The second-order valence-electron chi connectivity index (χ2n) is 7.85. The first kappa shape index (κ1) is 21.8. The number of rotatable bonds is 8. The number of nitrogens with zero attached hydrogens (tertiary/aromatic N) is 4. The first-order valence-electron chi connectivity index (χ1n) is 10.9. The van der Waals surface area contributed by atoms with Gasteiger partial charge in [0.15, 0.2) is 11.0 Å². The number of carbonyl (C=O) groups excluding carboxylic acids is 2. The summed E-state index contributed by atoms with van der Waals surface area (Å²) >= 11 is 1.34. The number of thioether (sulfide) groups is 1. The van der Waals surface area contributed by atoms with Crippen LogP contribution in [0.2, 0.25) is 0 Å². The Morgan fingerprint density at radius 2 is 1.65 bits per heavy atom. The molecule has 0 bridgehead atoms. The van der Waals surface area contributed by atoms with Gasteiger partial charge < -0.3 is 10.6 Å². The molecule has 0 atom stereocenters. The number of aromatic nitrogens is 4. The predicted octanol–water partition coefficient (Wildman–Crippen LogP) is 4.66. The minimum absolute atomic E-state index is 0.149. The lowest BCUT2D eigenvalue weighted by atomic mass is 10.1. The quantitative estimate of drug-likeness (QED) is 0.363. The van der Waals surface area contributed by atoms with Gasteiger partial charge >= 0.3 is 0 Å². The van der Waals surface area contributed by atoms with E-state index in [9.17, 15) is 9.59 Å². The summed E-state index contributed by atoms with van der Waals surface area (Å²) < 4.78 is 2.11. The van der Waals surface area contributed by atoms with Crippen molar-refractivity contribution in [3.8, 4) is 11.4 Å². The summed E-state index contributed by atoms with van der Waals surface area (Å²) in [6.45, 7) is 0. The molecule has 2 aromatic heterocycles. The van der Waals surface area contributed by atoms with Gasteiger partial charge in [-0.05, 0) is 49.2 Å². The number of pyridine rings is 1. The molecule has 170 valence electrons. The number of anilines is 2. The number of nitrogens with one attached hydrogen (secondary N) is 2. The number of hydrogen-bond acceptors (Lipinski definition) is 6. The summed E-state index contributed by atoms with van der Waals surface area (Å²) in [4.78, 5) is 29.6. The lowest BCUT2D eigenvalue weighted by molar-refractivity contribution is -0.113. The smallest absolute Gasteiger partial charge is 0.257 e. The summed E-state index contributed by atoms with van der Waals surface area (Å²) in [6, 6.07) is 20.3. The molecule has 0 unspecified atom stereocenters. The zero-order chi connectivity index (χ0) is 23.3. The van der Waals surface area contributed by atoms with Gasteiger partial charge in [-0.3, -0.25) is 19.1 Å². The van der Waals surface area contributed by atoms with E-state index in [1.807, 2.05) is 42.5 Å². The van der Waals surface area contributed by atoms with E-state index in [2.05, 4.69) is 30.4 Å². The van der Waals surface area contributed by atoms with E-state index in [0.29, 0.717) is 28.1 Å². The third-order valence-electron chi connectivity index (χ3n) is 5.32. The van der Waals surface area contributed by atoms with Gasteiger partial charge in [-0.2, -0.15) is 0 Å². The van der Waals surface area contributed by atoms with Crippen molar-refractivity contribution in [2.45, 2.75) is 24.0 Å². The van der Waals surface area contributed by atoms with Crippen LogP contribution in [0.4, 0.5) is 11.4 Å². The first-order chi connectivity index (χ1) is 16.7. The topological polar surface area (TPSA) is 102 Å². The molecule has 2 N–H and O–H groups in total. The summed E-state index contributed by atoms with van der Waals surface area (Å²) in [5, 5.41) is 15.1. The zero-order valence-corrected chi connectivity index (χ0v) is 19.0. The van der Waals surface area contributed by atoms with Crippen molar-refractivity contribution in [3.05, 3.63) is 84.7 Å². The zero-order valence-electron chi connectivity index (χ0n) is 18.2. The number of hydrogen-bond donors (Lipinski definition) is 2. The normalized spacial score (nSPS) is 12.8. The number of carbonyl (C=O) groups is 2. The monoisotopic (exact) mass is 470 g/mol. The summed E-state index contributed by atoms with van der Waals surface area (Å²) in [5.74, 6) is 0.428. The van der Waals surface area contributed by atoms with Gasteiger partial charge in [0, 0.05) is 29.7 Å². The van der Waals surface area contributed by atoms with Crippen LogP contribution in [0, 0.1) is 0 Å². The molecular formula is C25H22N6O2S. The fourth-order valence-corrected chi connectivity index (χ4v) is 4.37. The van der Waals surface area contributed by atoms with Crippen LogP contribution in [0.15, 0.2) is 84.3 Å². The standard InChI is InChI=1S/C25H22N6O2S/c32-22(28-21-9-5-4-8-20(21)24(33)27-18-6-2-1-3-7-18)16-34-25-30-29-23(31(25)19-10-11-19)17-12-14-26-15-13-17/h1-9,12-15,19H,10-11,16H2,(H,27,33)(H,28,32). The fourth-order valence-electron chi connectivity index (χ4n) is 3.56. The highest BCUT2D eigenvalue weighted by Gasteiger charge is 2.30. The third kappa shape index (κ3) is 4.99. The van der Waals surface area contributed by atoms with Gasteiger partial charge in [0.05, 0.1) is 17.0 Å². The third-order valence-corrected chi connectivity index (χ3v) is 6.27. The average molecular weight is 471 g/mol. The first-order valence-corrected chi connectivity index (χ1v) is 11.9. The highest BCUT2D eigenvalue weighted by molar-refractivity contribution is 7.99. The Balaban J connectivity index is 1.26. The van der Waals surface area contributed by atoms with Crippen LogP contribution in [-0.4, -0.2) is 37.3 Å². The molecule has 1 fully saturated rings. The van der Waals surface area contributed by atoms with Crippen LogP contribution in [0.3, 0.4) is 0 Å². The average Bonchev–Trinajstić information content (AvgIpc) is 3.62. The van der Waals surface area contributed by atoms with Crippen molar-refractivity contribution in [2.75, 3.05) is 16.4 Å². The predicted molar refractivity (Wildman–Crippen MR) is 132 cm³/mol. The lowest BCUT2D eigenvalue weighted by Crippen LogP contribution is -2.19. The highest BCUT2D eigenvalue weighted by Crippen LogP contribution is 2.41. The van der Waals surface area contributed by atoms with Gasteiger partial charge in [0.25, 0.3) is 5.91 Å². The molecule has 1 aliphatic rings. The maximum atomic E-state index is 12.8. The molecule has 2 amide bonds. The van der Waals surface area contributed by atoms with E-state index in [1.54, 1.807) is 36.7 Å². The molecule has 2 heterocycles. The summed E-state index contributed by atoms with van der Waals surface area (Å²) in [6.07, 6.45) is 5.60. The van der Waals surface area contributed by atoms with Gasteiger partial charge in [0.1, 0.15) is 0 Å². The fraction of sp³-hybridized carbons (Fsp3) is 0.160. The minimum Gasteiger partial charge on any atom is -0.325 e. The van der Waals surface area contributed by atoms with E-state index in [4.69, 9.17) is 0 Å². The minimum atomic E-state index is -0.287. The Bertz CT molecular complexity index is 1310. The maximum absolute atomic E-state index is 12.8. The lowest BCUT2D eigenvalue weighted by Gasteiger charge is -2.12. The molecule has 5 rings (SSSR count). The molecule has 4 aromatic rings. The molecule has 8 nitrogen and oxygen atoms in total. The number of amides is 2. The van der Waals surface area contributed by atoms with Crippen LogP contribution in [-0.2, 0) is 4.79 Å². The van der Waals surface area contributed by atoms with E-state index in [0.717, 1.165) is 24.2 Å². The maximum Gasteiger partial charge on any atom is 0.257 e. The van der Waals surface area contributed by atoms with Crippen molar-refractivity contribution in [1.82, 2.24) is 19.7 Å². The number of benzene rings is 2. The van der Waals surface area contributed by atoms with Crippen LogP contribution in [0.1, 0.15) is 29.2 Å². The largest absolute Gasteiger partial charge is 0.325 e. The Hall–Kier alpha value is -3.98. The Morgan fingerprint density at radius 1 is 0.912 bits per heavy atom. The van der Waals surface area contributed by atoms with Gasteiger partial charge in [-0.25, -0.2) is 0 Å². The van der Waals surface area contributed by atoms with Gasteiger partial charge in [0.2, 0.25) is 5.91 Å². The second-order valence-corrected chi connectivity index (χ2v) is 8.79. The second kappa shape index (κ2) is 9.88. The Kier molecular flexibility index (Phi) is 6.35. The molecule has 34 heavy (non-hydrogen) atoms. The SMILES string of the molecule is O=C(CSc1nnc(-c2ccncc2)n1C1CC1)Nc1ccccc1C(=O)Nc1ccccc1. The summed E-state index contributed by atoms with van der Waals surface area (Å²) in [5.41, 5.74) is 2.49. The number of para-hydroxylation sites is 2. The van der Waals surface area contributed by atoms with Crippen LogP contribution in [0.25, 0.3) is 11.4 Å². The molecule has 0 spiro atoms. The molecule has 0 radical (unpaired) electrons. The van der Waals surface area contributed by atoms with Crippen molar-refractivity contribution in [2.24, 2.45) is 0 Å². The summed E-state index contributed by atoms with van der Waals surface area (Å²) in [7, 11) is 0. The molecule has 1 saturated carbocycles. The van der Waals surface area contributed by atoms with Crippen molar-refractivity contribution in [1.29, 1.82) is 0 Å². The van der Waals surface area contributed by atoms with Gasteiger partial charge in [-0.1, -0.05) is 42.1 Å². The Labute approximate surface area is 200 Å². The van der Waals surface area contributed by atoms with Crippen LogP contribution < -0.4 is 10.6 Å². The highest BCUT2D eigenvalue weighted by atomic mass is 32.2. The van der Waals surface area contributed by atoms with E-state index < -0.39 is 0 Å². The van der Waals surface area contributed by atoms with Gasteiger partial charge in [-0.15, -0.1) is 10.2 Å². The van der Waals surface area contributed by atoms with E-state index in [1.165, 1.54) is 11.8 Å². The molecule has 1 aliphatic carbocycles. The molecular weight excluding hydrogens is 448 g/mol. The van der Waals surface area contributed by atoms with Crippen molar-refractivity contribution < 1.29 is 9.59 Å².